The summed E-state index contributed by atoms with van der Waals surface area (Å²) in [6.07, 6.45) is 0. The van der Waals surface area contributed by atoms with Crippen molar-refractivity contribution in [3.63, 3.8) is 0 Å². The monoisotopic (exact) mass is 245 g/mol. The number of rotatable bonds is 2. The molecule has 0 saturated carbocycles. The number of fused-ring (bicyclic) bond motifs is 1. The summed E-state index contributed by atoms with van der Waals surface area (Å²) in [5, 5.41) is 11.2. The van der Waals surface area contributed by atoms with Crippen LogP contribution < -0.4 is 5.73 Å². The molecule has 2 rings (SSSR count). The molecule has 2 aromatic rings. The first kappa shape index (κ1) is 12.4. The molecule has 0 aliphatic rings. The molecule has 4 heteroatoms. The Morgan fingerprint density at radius 3 is 2.50 bits per heavy atom. The summed E-state index contributed by atoms with van der Waals surface area (Å²) in [7, 11) is 1.31. The first-order valence-electron chi connectivity index (χ1n) is 5.55. The number of esters is 1. The zero-order valence-electron chi connectivity index (χ0n) is 10.3. The minimum absolute atomic E-state index is 0.207. The second-order valence-electron chi connectivity index (χ2n) is 4.44. The average molecular weight is 245 g/mol. The molecule has 0 bridgehead atoms. The maximum absolute atomic E-state index is 11.6. The van der Waals surface area contributed by atoms with Crippen molar-refractivity contribution in [3.05, 3.63) is 42.0 Å². The van der Waals surface area contributed by atoms with Crippen LogP contribution in [0.5, 0.6) is 5.75 Å². The van der Waals surface area contributed by atoms with Crippen molar-refractivity contribution in [3.8, 4) is 5.75 Å². The zero-order chi connectivity index (χ0) is 13.3. The number of nitrogens with two attached hydrogens (primary N) is 1. The van der Waals surface area contributed by atoms with Gasteiger partial charge in [0.2, 0.25) is 0 Å². The van der Waals surface area contributed by atoms with E-state index in [1.807, 2.05) is 12.1 Å². The van der Waals surface area contributed by atoms with Crippen molar-refractivity contribution in [2.24, 2.45) is 5.73 Å². The van der Waals surface area contributed by atoms with Crippen LogP contribution >= 0.6 is 0 Å². The summed E-state index contributed by atoms with van der Waals surface area (Å²) < 4.78 is 4.70. The van der Waals surface area contributed by atoms with Gasteiger partial charge in [0, 0.05) is 0 Å². The summed E-state index contributed by atoms with van der Waals surface area (Å²) in [4.78, 5) is 11.6. The fourth-order valence-electron chi connectivity index (χ4n) is 1.89. The third kappa shape index (κ3) is 2.02. The lowest BCUT2D eigenvalue weighted by Crippen LogP contribution is -2.42. The van der Waals surface area contributed by atoms with Gasteiger partial charge in [-0.25, -0.2) is 4.79 Å². The Kier molecular flexibility index (Phi) is 2.97. The molecule has 94 valence electrons. The predicted octanol–water partition coefficient (Wildman–Crippen LogP) is 1.89. The molecule has 0 amide bonds. The molecule has 0 radical (unpaired) electrons. The molecular formula is C14H15NO3. The minimum Gasteiger partial charge on any atom is -0.508 e. The van der Waals surface area contributed by atoms with E-state index in [1.54, 1.807) is 31.2 Å². The highest BCUT2D eigenvalue weighted by molar-refractivity contribution is 5.88. The van der Waals surface area contributed by atoms with Gasteiger partial charge in [-0.05, 0) is 41.5 Å². The SMILES string of the molecule is COC(=O)[C@](C)(N)c1ccc2cc(O)ccc2c1. The van der Waals surface area contributed by atoms with E-state index in [4.69, 9.17) is 10.5 Å². The third-order valence-electron chi connectivity index (χ3n) is 3.03. The van der Waals surface area contributed by atoms with Crippen molar-refractivity contribution in [1.82, 2.24) is 0 Å². The predicted molar refractivity (Wildman–Crippen MR) is 69.2 cm³/mol. The van der Waals surface area contributed by atoms with E-state index in [0.29, 0.717) is 5.56 Å². The number of carbonyl (C=O) groups is 1. The molecule has 3 N–H and O–H groups in total. The largest absolute Gasteiger partial charge is 0.508 e. The molecule has 0 aromatic heterocycles. The van der Waals surface area contributed by atoms with Gasteiger partial charge in [-0.3, -0.25) is 0 Å². The number of aromatic hydroxyl groups is 1. The van der Waals surface area contributed by atoms with Crippen LogP contribution in [-0.2, 0) is 15.1 Å². The van der Waals surface area contributed by atoms with Crippen molar-refractivity contribution >= 4 is 16.7 Å². The van der Waals surface area contributed by atoms with Crippen LogP contribution in [0.3, 0.4) is 0 Å². The van der Waals surface area contributed by atoms with Crippen LogP contribution in [0.15, 0.2) is 36.4 Å². The van der Waals surface area contributed by atoms with Gasteiger partial charge in [-0.1, -0.05) is 18.2 Å². The van der Waals surface area contributed by atoms with Crippen LogP contribution in [0.1, 0.15) is 12.5 Å². The molecule has 0 heterocycles. The Balaban J connectivity index is 2.54. The summed E-state index contributed by atoms with van der Waals surface area (Å²) in [5.74, 6) is -0.278. The maximum atomic E-state index is 11.6. The topological polar surface area (TPSA) is 72.5 Å². The fourth-order valence-corrected chi connectivity index (χ4v) is 1.89. The number of methoxy groups -OCH3 is 1. The lowest BCUT2D eigenvalue weighted by atomic mass is 9.91. The van der Waals surface area contributed by atoms with E-state index in [1.165, 1.54) is 7.11 Å². The molecule has 18 heavy (non-hydrogen) atoms. The molecule has 0 aliphatic carbocycles. The van der Waals surface area contributed by atoms with Crippen molar-refractivity contribution in [1.29, 1.82) is 0 Å². The Bertz CT molecular complexity index is 605. The van der Waals surface area contributed by atoms with E-state index in [0.717, 1.165) is 10.8 Å². The first-order valence-corrected chi connectivity index (χ1v) is 5.55. The Morgan fingerprint density at radius 2 is 1.83 bits per heavy atom. The summed E-state index contributed by atoms with van der Waals surface area (Å²) in [6.45, 7) is 1.61. The van der Waals surface area contributed by atoms with Crippen molar-refractivity contribution in [2.45, 2.75) is 12.5 Å². The smallest absolute Gasteiger partial charge is 0.330 e. The van der Waals surface area contributed by atoms with E-state index >= 15 is 0 Å². The lowest BCUT2D eigenvalue weighted by molar-refractivity contribution is -0.146. The zero-order valence-corrected chi connectivity index (χ0v) is 10.3. The molecular weight excluding hydrogens is 230 g/mol. The van der Waals surface area contributed by atoms with Crippen LogP contribution in [-0.4, -0.2) is 18.2 Å². The van der Waals surface area contributed by atoms with E-state index in [-0.39, 0.29) is 5.75 Å². The Hall–Kier alpha value is -2.07. The number of ether oxygens (including phenoxy) is 1. The summed E-state index contributed by atoms with van der Waals surface area (Å²) in [5.41, 5.74) is 5.48. The number of hydrogen-bond acceptors (Lipinski definition) is 4. The highest BCUT2D eigenvalue weighted by Gasteiger charge is 2.31. The quantitative estimate of drug-likeness (QED) is 0.792. The van der Waals surface area contributed by atoms with Gasteiger partial charge < -0.3 is 15.6 Å². The summed E-state index contributed by atoms with van der Waals surface area (Å²) in [6, 6.07) is 10.4. The van der Waals surface area contributed by atoms with E-state index < -0.39 is 11.5 Å². The fraction of sp³-hybridized carbons (Fsp3) is 0.214. The minimum atomic E-state index is -1.18. The van der Waals surface area contributed by atoms with Gasteiger partial charge >= 0.3 is 5.97 Å². The van der Waals surface area contributed by atoms with E-state index in [9.17, 15) is 9.90 Å². The Labute approximate surface area is 105 Å². The molecule has 2 aromatic carbocycles. The molecule has 0 aliphatic heterocycles. The van der Waals surface area contributed by atoms with Gasteiger partial charge in [-0.15, -0.1) is 0 Å². The highest BCUT2D eigenvalue weighted by atomic mass is 16.5. The number of hydrogen-bond donors (Lipinski definition) is 2. The van der Waals surface area contributed by atoms with Gasteiger partial charge in [0.1, 0.15) is 11.3 Å². The van der Waals surface area contributed by atoms with Crippen LogP contribution in [0.2, 0.25) is 0 Å². The van der Waals surface area contributed by atoms with Gasteiger partial charge in [0.05, 0.1) is 7.11 Å². The molecule has 1 atom stereocenters. The Morgan fingerprint density at radius 1 is 1.22 bits per heavy atom. The van der Waals surface area contributed by atoms with Gasteiger partial charge in [-0.2, -0.15) is 0 Å². The highest BCUT2D eigenvalue weighted by Crippen LogP contribution is 2.26. The molecule has 0 saturated heterocycles. The number of phenolic OH excluding ortho intramolecular Hbond substituents is 1. The first-order chi connectivity index (χ1) is 8.45. The van der Waals surface area contributed by atoms with Gasteiger partial charge in [0.25, 0.3) is 0 Å². The number of carbonyl (C=O) groups excluding carboxylic acids is 1. The summed E-state index contributed by atoms with van der Waals surface area (Å²) >= 11 is 0. The molecule has 0 fully saturated rings. The normalized spacial score (nSPS) is 14.2. The maximum Gasteiger partial charge on any atom is 0.330 e. The lowest BCUT2D eigenvalue weighted by Gasteiger charge is -2.22. The van der Waals surface area contributed by atoms with E-state index in [2.05, 4.69) is 0 Å². The van der Waals surface area contributed by atoms with Gasteiger partial charge in [0.15, 0.2) is 0 Å². The molecule has 4 nitrogen and oxygen atoms in total. The second kappa shape index (κ2) is 4.31. The molecule has 0 unspecified atom stereocenters. The molecule has 0 spiro atoms. The average Bonchev–Trinajstić information content (AvgIpc) is 2.36. The number of phenols is 1. The standard InChI is InChI=1S/C14H15NO3/c1-14(15,13(17)18-2)11-5-3-10-8-12(16)6-4-9(10)7-11/h3-8,16H,15H2,1-2H3/t14-/m1/s1. The second-order valence-corrected chi connectivity index (χ2v) is 4.44. The van der Waals surface area contributed by atoms with Crippen molar-refractivity contribution < 1.29 is 14.6 Å². The van der Waals surface area contributed by atoms with Crippen LogP contribution in [0.4, 0.5) is 0 Å². The van der Waals surface area contributed by atoms with Crippen LogP contribution in [0.25, 0.3) is 10.8 Å². The van der Waals surface area contributed by atoms with Crippen molar-refractivity contribution in [2.75, 3.05) is 7.11 Å². The number of benzene rings is 2. The van der Waals surface area contributed by atoms with Crippen LogP contribution in [0, 0.1) is 0 Å². The third-order valence-corrected chi connectivity index (χ3v) is 3.03.